The number of para-hydroxylation sites is 1. The molecular weight excluding hydrogens is 552 g/mol. The minimum Gasteiger partial charge on any atom is -0.487 e. The Hall–Kier alpha value is -3.15. The third-order valence-electron chi connectivity index (χ3n) is 7.88. The van der Waals surface area contributed by atoms with Gasteiger partial charge >= 0.3 is 5.97 Å². The Labute approximate surface area is 238 Å². The largest absolute Gasteiger partial charge is 0.487 e. The van der Waals surface area contributed by atoms with E-state index in [0.717, 1.165) is 41.5 Å². The van der Waals surface area contributed by atoms with E-state index in [0.29, 0.717) is 33.3 Å². The molecule has 1 aromatic heterocycles. The molecule has 0 bridgehead atoms. The highest BCUT2D eigenvalue weighted by atomic mass is 35.5. The molecule has 1 aliphatic heterocycles. The van der Waals surface area contributed by atoms with Crippen molar-refractivity contribution in [3.05, 3.63) is 81.4 Å². The van der Waals surface area contributed by atoms with Gasteiger partial charge in [0, 0.05) is 19.5 Å². The molecule has 2 heterocycles. The zero-order chi connectivity index (χ0) is 28.2. The van der Waals surface area contributed by atoms with Crippen LogP contribution in [0.5, 0.6) is 5.75 Å². The molecule has 1 aliphatic carbocycles. The number of carboxylic acids is 1. The molecule has 0 fully saturated rings. The van der Waals surface area contributed by atoms with Crippen molar-refractivity contribution in [2.24, 2.45) is 7.05 Å². The number of nitrogens with zero attached hydrogens (tertiary/aromatic N) is 4. The summed E-state index contributed by atoms with van der Waals surface area (Å²) < 4.78 is 32.3. The summed E-state index contributed by atoms with van der Waals surface area (Å²) in [5.41, 5.74) is 6.12. The Morgan fingerprint density at radius 2 is 2.00 bits per heavy atom. The summed E-state index contributed by atoms with van der Waals surface area (Å²) >= 11 is 6.82. The van der Waals surface area contributed by atoms with Gasteiger partial charge in [-0.05, 0) is 72.2 Å². The van der Waals surface area contributed by atoms with Crippen LogP contribution in [0.25, 0.3) is 11.0 Å². The summed E-state index contributed by atoms with van der Waals surface area (Å²) in [6.07, 6.45) is 2.34. The summed E-state index contributed by atoms with van der Waals surface area (Å²) in [5, 5.41) is 18.6. The average molecular weight is 583 g/mol. The molecule has 9 nitrogen and oxygen atoms in total. The van der Waals surface area contributed by atoms with E-state index >= 15 is 0 Å². The maximum absolute atomic E-state index is 12.1. The molecule has 0 radical (unpaired) electrons. The van der Waals surface area contributed by atoms with E-state index in [-0.39, 0.29) is 19.1 Å². The van der Waals surface area contributed by atoms with Crippen LogP contribution in [0.3, 0.4) is 0 Å². The molecule has 0 saturated heterocycles. The first kappa shape index (κ1) is 27.0. The number of ether oxygens (including phenoxy) is 1. The van der Waals surface area contributed by atoms with E-state index in [1.807, 2.05) is 31.2 Å². The summed E-state index contributed by atoms with van der Waals surface area (Å²) in [5.74, 6) is -0.979. The lowest BCUT2D eigenvalue weighted by molar-refractivity contribution is -0.137. The molecule has 0 amide bonds. The van der Waals surface area contributed by atoms with Gasteiger partial charge in [0.15, 0.2) is 0 Å². The van der Waals surface area contributed by atoms with Crippen LogP contribution in [0.2, 0.25) is 5.02 Å². The Kier molecular flexibility index (Phi) is 7.00. The Morgan fingerprint density at radius 1 is 1.20 bits per heavy atom. The van der Waals surface area contributed by atoms with Crippen LogP contribution in [-0.4, -0.2) is 52.1 Å². The fraction of sp³-hybridized carbons (Fsp3) is 0.345. The number of carboxylic acid groups (broad SMARTS) is 1. The molecule has 0 saturated carbocycles. The van der Waals surface area contributed by atoms with Crippen LogP contribution in [-0.2, 0) is 31.2 Å². The molecule has 2 atom stereocenters. The van der Waals surface area contributed by atoms with Crippen molar-refractivity contribution in [3.8, 4) is 5.75 Å². The molecule has 6 rings (SSSR count). The molecule has 40 heavy (non-hydrogen) atoms. The third-order valence-corrected chi connectivity index (χ3v) is 10.2. The van der Waals surface area contributed by atoms with Crippen molar-refractivity contribution in [2.45, 2.75) is 56.1 Å². The zero-order valence-electron chi connectivity index (χ0n) is 22.2. The SMILES string of the molecule is C[C@@H]1CN(Cc2cc(C(CC(=O)O)c3ccc4c(nnn4C)c3Cl)cc3c2CCC3)S(O)(O)c2ccccc2O1. The number of carbonyl (C=O) groups is 1. The van der Waals surface area contributed by atoms with Gasteiger partial charge in [0.1, 0.15) is 22.3 Å². The van der Waals surface area contributed by atoms with Crippen LogP contribution in [0, 0.1) is 0 Å². The second-order valence-corrected chi connectivity index (χ2v) is 13.0. The molecule has 1 unspecified atom stereocenters. The second-order valence-electron chi connectivity index (χ2n) is 10.6. The van der Waals surface area contributed by atoms with E-state index in [2.05, 4.69) is 16.4 Å². The lowest BCUT2D eigenvalue weighted by atomic mass is 9.85. The summed E-state index contributed by atoms with van der Waals surface area (Å²) in [6.45, 7) is 2.53. The van der Waals surface area contributed by atoms with Gasteiger partial charge in [0.05, 0.1) is 23.5 Å². The van der Waals surface area contributed by atoms with E-state index in [1.54, 1.807) is 34.2 Å². The normalized spacial score (nSPS) is 19.9. The first-order valence-electron chi connectivity index (χ1n) is 13.3. The van der Waals surface area contributed by atoms with Gasteiger partial charge in [-0.3, -0.25) is 13.9 Å². The number of rotatable bonds is 6. The number of hydrogen-bond acceptors (Lipinski definition) is 7. The van der Waals surface area contributed by atoms with Crippen molar-refractivity contribution in [1.82, 2.24) is 19.3 Å². The van der Waals surface area contributed by atoms with Gasteiger partial charge in [-0.2, -0.15) is 4.31 Å². The smallest absolute Gasteiger partial charge is 0.304 e. The van der Waals surface area contributed by atoms with Gasteiger partial charge in [-0.25, -0.2) is 4.68 Å². The summed E-state index contributed by atoms with van der Waals surface area (Å²) in [6, 6.07) is 14.9. The van der Waals surface area contributed by atoms with Crippen LogP contribution < -0.4 is 4.74 Å². The van der Waals surface area contributed by atoms with Crippen molar-refractivity contribution < 1.29 is 23.7 Å². The van der Waals surface area contributed by atoms with E-state index in [4.69, 9.17) is 16.3 Å². The topological polar surface area (TPSA) is 121 Å². The fourth-order valence-electron chi connectivity index (χ4n) is 6.01. The van der Waals surface area contributed by atoms with E-state index < -0.39 is 22.7 Å². The van der Waals surface area contributed by atoms with Gasteiger partial charge in [0.25, 0.3) is 0 Å². The predicted molar refractivity (Wildman–Crippen MR) is 154 cm³/mol. The predicted octanol–water partition coefficient (Wildman–Crippen LogP) is 6.02. The number of aliphatic carboxylic acids is 1. The summed E-state index contributed by atoms with van der Waals surface area (Å²) in [7, 11) is -1.54. The highest BCUT2D eigenvalue weighted by Crippen LogP contribution is 2.57. The molecule has 4 aromatic rings. The number of halogens is 1. The van der Waals surface area contributed by atoms with Gasteiger partial charge in [-0.1, -0.05) is 47.1 Å². The highest BCUT2D eigenvalue weighted by Gasteiger charge is 2.35. The molecule has 2 aliphatic rings. The van der Waals surface area contributed by atoms with Crippen molar-refractivity contribution in [2.75, 3.05) is 6.54 Å². The van der Waals surface area contributed by atoms with Crippen LogP contribution in [0.1, 0.15) is 53.5 Å². The minimum atomic E-state index is -3.33. The number of benzene rings is 3. The number of aryl methyl sites for hydroxylation is 2. The molecule has 0 spiro atoms. The lowest BCUT2D eigenvalue weighted by Gasteiger charge is -2.42. The number of aromatic nitrogens is 3. The van der Waals surface area contributed by atoms with Gasteiger partial charge in [0.2, 0.25) is 0 Å². The first-order chi connectivity index (χ1) is 19.1. The number of fused-ring (bicyclic) bond motifs is 3. The Morgan fingerprint density at radius 3 is 2.80 bits per heavy atom. The van der Waals surface area contributed by atoms with E-state index in [1.165, 1.54) is 5.56 Å². The zero-order valence-corrected chi connectivity index (χ0v) is 23.8. The van der Waals surface area contributed by atoms with Crippen LogP contribution >= 0.6 is 22.4 Å². The highest BCUT2D eigenvalue weighted by molar-refractivity contribution is 8.22. The minimum absolute atomic E-state index is 0.152. The summed E-state index contributed by atoms with van der Waals surface area (Å²) in [4.78, 5) is 12.5. The van der Waals surface area contributed by atoms with Crippen molar-refractivity contribution in [1.29, 1.82) is 0 Å². The fourth-order valence-corrected chi connectivity index (χ4v) is 8.00. The van der Waals surface area contributed by atoms with Crippen LogP contribution in [0.4, 0.5) is 0 Å². The monoisotopic (exact) mass is 582 g/mol. The quantitative estimate of drug-likeness (QED) is 0.252. The standard InChI is InChI=1S/C29H31ClN4O5S/c1-17-15-34(40(37,38)26-9-4-3-8-25(26)39-17)16-20-13-19(12-18-6-5-7-21(18)20)23(14-27(35)36)22-10-11-24-29(28(22)30)31-32-33(24)2/h3-4,8-13,17,23,37-38H,5-7,14-16H2,1-2H3,(H,35,36)/t17-,23?/m1/s1. The molecular formula is C29H31ClN4O5S. The van der Waals surface area contributed by atoms with E-state index in [9.17, 15) is 19.0 Å². The average Bonchev–Trinajstić information content (AvgIpc) is 3.52. The molecule has 3 N–H and O–H groups in total. The molecule has 210 valence electrons. The first-order valence-corrected chi connectivity index (χ1v) is 15.1. The third kappa shape index (κ3) is 4.73. The maximum atomic E-state index is 12.1. The van der Waals surface area contributed by atoms with Gasteiger partial charge in [-0.15, -0.1) is 15.9 Å². The Bertz CT molecular complexity index is 1620. The van der Waals surface area contributed by atoms with Gasteiger partial charge < -0.3 is 9.84 Å². The Balaban J connectivity index is 1.44. The lowest BCUT2D eigenvalue weighted by Crippen LogP contribution is -2.33. The van der Waals surface area contributed by atoms with Crippen molar-refractivity contribution in [3.63, 3.8) is 0 Å². The second kappa shape index (κ2) is 10.4. The molecule has 11 heteroatoms. The van der Waals surface area contributed by atoms with Crippen LogP contribution in [0.15, 0.2) is 53.4 Å². The molecule has 3 aromatic carbocycles. The van der Waals surface area contributed by atoms with Crippen molar-refractivity contribution >= 4 is 39.4 Å². The maximum Gasteiger partial charge on any atom is 0.304 e. The number of hydrogen-bond donors (Lipinski definition) is 3.